The van der Waals surface area contributed by atoms with Gasteiger partial charge in [-0.25, -0.2) is 20.2 Å². The van der Waals surface area contributed by atoms with Crippen LogP contribution in [0.25, 0.3) is 0 Å². The molecule has 2 fully saturated rings. The number of aromatic nitrogens is 1. The van der Waals surface area contributed by atoms with Gasteiger partial charge < -0.3 is 5.32 Å². The van der Waals surface area contributed by atoms with Crippen molar-refractivity contribution in [3.8, 4) is 0 Å². The summed E-state index contributed by atoms with van der Waals surface area (Å²) >= 11 is 6.08. The summed E-state index contributed by atoms with van der Waals surface area (Å²) in [5.74, 6) is 0.439. The highest BCUT2D eigenvalue weighted by molar-refractivity contribution is 6.32. The summed E-state index contributed by atoms with van der Waals surface area (Å²) in [6.45, 7) is 1.02. The minimum absolute atomic E-state index is 0.0140. The number of amides is 2. The molecule has 28 heavy (non-hydrogen) atoms. The third-order valence-corrected chi connectivity index (χ3v) is 5.31. The number of alkyl halides is 3. The van der Waals surface area contributed by atoms with Gasteiger partial charge in [0.15, 0.2) is 0 Å². The van der Waals surface area contributed by atoms with E-state index in [1.165, 1.54) is 5.01 Å². The standard InChI is InChI=1S/C18H17ClF3N5O/c19-14-10-12(18(20,21)22)11-23-15(14)26-8-6-17(7-9-26)24-16(28)27(25-17)13-4-2-1-3-5-13/h1-5,10-11,25H,6-9H2,(H,24,28)/p+1. The van der Waals surface area contributed by atoms with E-state index >= 15 is 0 Å². The topological polar surface area (TPSA) is 61.8 Å². The number of para-hydroxylation sites is 1. The lowest BCUT2D eigenvalue weighted by molar-refractivity contribution is -0.367. The summed E-state index contributed by atoms with van der Waals surface area (Å²) in [6, 6.07) is 9.91. The van der Waals surface area contributed by atoms with Gasteiger partial charge in [0.05, 0.1) is 24.3 Å². The molecule has 1 spiro atoms. The third-order valence-electron chi connectivity index (χ3n) is 5.02. The molecule has 2 aliphatic rings. The van der Waals surface area contributed by atoms with Gasteiger partial charge in [-0.1, -0.05) is 29.8 Å². The lowest BCUT2D eigenvalue weighted by atomic mass is 9.98. The van der Waals surface area contributed by atoms with E-state index in [1.807, 2.05) is 35.2 Å². The first-order chi connectivity index (χ1) is 13.3. The van der Waals surface area contributed by atoms with Gasteiger partial charge in [0.2, 0.25) is 0 Å². The number of hydrogen-bond donors (Lipinski definition) is 2. The van der Waals surface area contributed by atoms with Crippen LogP contribution in [0.3, 0.4) is 0 Å². The molecule has 10 heteroatoms. The molecule has 2 saturated heterocycles. The van der Waals surface area contributed by atoms with Crippen molar-refractivity contribution in [1.29, 1.82) is 0 Å². The van der Waals surface area contributed by atoms with E-state index in [-0.39, 0.29) is 11.1 Å². The van der Waals surface area contributed by atoms with Crippen LogP contribution < -0.4 is 25.6 Å². The monoisotopic (exact) mass is 412 g/mol. The number of nitrogens with one attached hydrogen (secondary N) is 3. The van der Waals surface area contributed by atoms with Crippen molar-refractivity contribution in [3.63, 3.8) is 0 Å². The molecule has 3 heterocycles. The molecule has 1 aromatic heterocycles. The number of rotatable bonds is 2. The van der Waals surface area contributed by atoms with E-state index in [0.29, 0.717) is 31.7 Å². The maximum atomic E-state index is 12.8. The smallest absolute Gasteiger partial charge is 0.317 e. The summed E-state index contributed by atoms with van der Waals surface area (Å²) in [4.78, 5) is 16.9. The average molecular weight is 413 g/mol. The Hall–Kier alpha value is -2.52. The zero-order valence-corrected chi connectivity index (χ0v) is 15.4. The number of piperidine rings is 1. The quantitative estimate of drug-likeness (QED) is 0.796. The number of hydrazine groups is 1. The molecular weight excluding hydrogens is 395 g/mol. The molecule has 2 amide bonds. The van der Waals surface area contributed by atoms with Crippen LogP contribution >= 0.6 is 11.6 Å². The molecule has 2 aromatic rings. The average Bonchev–Trinajstić information content (AvgIpc) is 2.98. The maximum Gasteiger partial charge on any atom is 0.419 e. The second-order valence-corrected chi connectivity index (χ2v) is 7.27. The summed E-state index contributed by atoms with van der Waals surface area (Å²) in [5.41, 5.74) is 2.56. The molecule has 0 unspecified atom stereocenters. The number of benzene rings is 1. The second-order valence-electron chi connectivity index (χ2n) is 6.86. The Bertz CT molecular complexity index is 885. The normalized spacial score (nSPS) is 19.2. The van der Waals surface area contributed by atoms with Crippen LogP contribution in [0.1, 0.15) is 18.4 Å². The Kier molecular flexibility index (Phi) is 4.59. The molecule has 0 radical (unpaired) electrons. The van der Waals surface area contributed by atoms with Gasteiger partial charge in [0.25, 0.3) is 5.82 Å². The van der Waals surface area contributed by atoms with Crippen molar-refractivity contribution < 1.29 is 22.9 Å². The van der Waals surface area contributed by atoms with Crippen LogP contribution in [0.2, 0.25) is 5.02 Å². The number of H-pyrrole nitrogens is 1. The zero-order valence-electron chi connectivity index (χ0n) is 14.7. The summed E-state index contributed by atoms with van der Waals surface area (Å²) in [5, 5.41) is 4.48. The molecule has 6 nitrogen and oxygen atoms in total. The first kappa shape index (κ1) is 18.8. The van der Waals surface area contributed by atoms with Gasteiger partial charge >= 0.3 is 12.2 Å². The van der Waals surface area contributed by atoms with Crippen molar-refractivity contribution in [2.75, 3.05) is 23.0 Å². The van der Waals surface area contributed by atoms with Crippen molar-refractivity contribution >= 4 is 29.1 Å². The lowest BCUT2D eigenvalue weighted by Crippen LogP contribution is -2.58. The highest BCUT2D eigenvalue weighted by Gasteiger charge is 2.47. The number of aromatic amines is 1. The fourth-order valence-electron chi connectivity index (χ4n) is 3.53. The van der Waals surface area contributed by atoms with Crippen molar-refractivity contribution in [3.05, 3.63) is 53.2 Å². The van der Waals surface area contributed by atoms with Gasteiger partial charge in [-0.3, -0.25) is 4.90 Å². The van der Waals surface area contributed by atoms with Crippen LogP contribution in [0.4, 0.5) is 29.5 Å². The van der Waals surface area contributed by atoms with E-state index in [2.05, 4.69) is 15.7 Å². The summed E-state index contributed by atoms with van der Waals surface area (Å²) in [6.07, 6.45) is -2.41. The van der Waals surface area contributed by atoms with Gasteiger partial charge in [0, 0.05) is 12.8 Å². The molecule has 148 valence electrons. The van der Waals surface area contributed by atoms with Gasteiger partial charge in [-0.15, -0.1) is 0 Å². The number of urea groups is 1. The van der Waals surface area contributed by atoms with Crippen molar-refractivity contribution in [2.24, 2.45) is 0 Å². The number of hydrogen-bond acceptors (Lipinski definition) is 3. The number of nitrogens with zero attached hydrogens (tertiary/aromatic N) is 2. The minimum Gasteiger partial charge on any atom is -0.317 e. The molecular formula is C18H18ClF3N5O+. The zero-order chi connectivity index (χ0) is 19.9. The number of halogens is 4. The number of carbonyl (C=O) groups is 1. The van der Waals surface area contributed by atoms with E-state index in [1.54, 1.807) is 0 Å². The summed E-state index contributed by atoms with van der Waals surface area (Å²) in [7, 11) is 0. The van der Waals surface area contributed by atoms with Crippen LogP contribution in [0.5, 0.6) is 0 Å². The van der Waals surface area contributed by atoms with E-state index < -0.39 is 17.4 Å². The van der Waals surface area contributed by atoms with Gasteiger partial charge in [-0.2, -0.15) is 13.2 Å². The Morgan fingerprint density at radius 3 is 2.43 bits per heavy atom. The van der Waals surface area contributed by atoms with Crippen LogP contribution in [-0.2, 0) is 6.18 Å². The highest BCUT2D eigenvalue weighted by atomic mass is 35.5. The molecule has 1 aromatic carbocycles. The highest BCUT2D eigenvalue weighted by Crippen LogP contribution is 2.34. The van der Waals surface area contributed by atoms with E-state index in [4.69, 9.17) is 11.6 Å². The van der Waals surface area contributed by atoms with Crippen LogP contribution in [0.15, 0.2) is 42.6 Å². The SMILES string of the molecule is O=C1NC2(CCN(c3[nH+]cc(C(F)(F)F)cc3Cl)CC2)NN1c1ccccc1. The molecule has 0 saturated carbocycles. The third kappa shape index (κ3) is 3.47. The number of pyridine rings is 1. The Morgan fingerprint density at radius 1 is 1.14 bits per heavy atom. The molecule has 2 aliphatic heterocycles. The number of anilines is 2. The lowest BCUT2D eigenvalue weighted by Gasteiger charge is -2.35. The van der Waals surface area contributed by atoms with E-state index in [9.17, 15) is 18.0 Å². The largest absolute Gasteiger partial charge is 0.419 e. The molecule has 0 aliphatic carbocycles. The molecule has 3 N–H and O–H groups in total. The van der Waals surface area contributed by atoms with E-state index in [0.717, 1.165) is 18.0 Å². The first-order valence-corrected chi connectivity index (χ1v) is 9.14. The maximum absolute atomic E-state index is 12.8. The fraction of sp³-hybridized carbons (Fsp3) is 0.333. The van der Waals surface area contributed by atoms with Crippen molar-refractivity contribution in [1.82, 2.24) is 10.7 Å². The van der Waals surface area contributed by atoms with Gasteiger partial charge in [0.1, 0.15) is 16.9 Å². The summed E-state index contributed by atoms with van der Waals surface area (Å²) < 4.78 is 38.4. The molecule has 0 atom stereocenters. The minimum atomic E-state index is -4.45. The Labute approximate surface area is 164 Å². The van der Waals surface area contributed by atoms with Gasteiger partial charge in [-0.05, 0) is 18.2 Å². The first-order valence-electron chi connectivity index (χ1n) is 8.76. The molecule has 4 rings (SSSR count). The predicted octanol–water partition coefficient (Wildman–Crippen LogP) is 3.20. The number of carbonyl (C=O) groups excluding carboxylic acids is 1. The van der Waals surface area contributed by atoms with Crippen LogP contribution in [-0.4, -0.2) is 24.8 Å². The Balaban J connectivity index is 1.46. The molecule has 0 bridgehead atoms. The fourth-order valence-corrected chi connectivity index (χ4v) is 3.82. The predicted molar refractivity (Wildman–Crippen MR) is 97.8 cm³/mol. The van der Waals surface area contributed by atoms with Crippen LogP contribution in [0, 0.1) is 0 Å². The second kappa shape index (κ2) is 6.82. The Morgan fingerprint density at radius 2 is 1.82 bits per heavy atom. The van der Waals surface area contributed by atoms with Crippen molar-refractivity contribution in [2.45, 2.75) is 24.7 Å².